The Kier molecular flexibility index (Phi) is 82.2. The van der Waals surface area contributed by atoms with E-state index in [1.165, 1.54) is 0 Å². The van der Waals surface area contributed by atoms with Gasteiger partial charge in [0, 0.05) is 31.2 Å². The van der Waals surface area contributed by atoms with Crippen molar-refractivity contribution in [3.63, 3.8) is 0 Å². The van der Waals surface area contributed by atoms with Gasteiger partial charge in [0.05, 0.1) is 0 Å². The zero-order valence-electron chi connectivity index (χ0n) is 9.62. The molecule has 22 heavy (non-hydrogen) atoms. The summed E-state index contributed by atoms with van der Waals surface area (Å²) in [6.45, 7) is 0. The smallest absolute Gasteiger partial charge is 0.759 e. The third-order valence-electron chi connectivity index (χ3n) is 0. The quantitative estimate of drug-likeness (QED) is 0.173. The average molecular weight is 658 g/mol. The van der Waals surface area contributed by atoms with Crippen LogP contribution in [-0.4, -0.2) is 80.0 Å². The second-order valence-corrected chi connectivity index (χ2v) is 3.67. The van der Waals surface area contributed by atoms with E-state index in [1.807, 2.05) is 0 Å². The third kappa shape index (κ3) is 2120. The standard InChI is InChI=1S/2Ce.3H2O4S.5H2O/c;;3*1-5(2,3)4;;;;;/h;;3*(H2,1,2,3,4);5*1H2/q2*+3;;;;;;;;/p-6. The van der Waals surface area contributed by atoms with E-state index in [2.05, 4.69) is 0 Å². The van der Waals surface area contributed by atoms with E-state index in [4.69, 9.17) is 52.6 Å². The first-order valence-corrected chi connectivity index (χ1v) is 6.00. The molecule has 138 valence electrons. The van der Waals surface area contributed by atoms with Gasteiger partial charge in [0.25, 0.3) is 0 Å². The molecular formula is H10Ce2O17S3. The Morgan fingerprint density at radius 2 is 0.364 bits per heavy atom. The molecule has 0 spiro atoms. The van der Waals surface area contributed by atoms with E-state index in [-0.39, 0.29) is 111 Å². The van der Waals surface area contributed by atoms with Gasteiger partial charge in [0.1, 0.15) is 0 Å². The van der Waals surface area contributed by atoms with Gasteiger partial charge in [0.15, 0.2) is 0 Å². The van der Waals surface area contributed by atoms with Crippen LogP contribution in [0.3, 0.4) is 0 Å². The molecule has 0 aliphatic carbocycles. The van der Waals surface area contributed by atoms with Crippen molar-refractivity contribution in [2.45, 2.75) is 0 Å². The topological polar surface area (TPSA) is 398 Å². The summed E-state index contributed by atoms with van der Waals surface area (Å²) < 4.78 is 102. The van der Waals surface area contributed by atoms with Crippen molar-refractivity contribution in [2.75, 3.05) is 0 Å². The summed E-state index contributed by atoms with van der Waals surface area (Å²) in [5, 5.41) is 0. The van der Waals surface area contributed by atoms with E-state index in [1.54, 1.807) is 0 Å². The van der Waals surface area contributed by atoms with Gasteiger partial charge in [-0.1, -0.05) is 0 Å². The van der Waals surface area contributed by atoms with Gasteiger partial charge in [-0.25, -0.2) is 0 Å². The minimum atomic E-state index is -5.17. The molecule has 0 saturated carbocycles. The van der Waals surface area contributed by atoms with Gasteiger partial charge in [-0.15, -0.1) is 0 Å². The first-order chi connectivity index (χ1) is 6.00. The summed E-state index contributed by atoms with van der Waals surface area (Å²) in [5.41, 5.74) is 0. The maximum absolute atomic E-state index is 8.52. The fourth-order valence-electron chi connectivity index (χ4n) is 0. The summed E-state index contributed by atoms with van der Waals surface area (Å²) >= 11 is 0. The molecule has 0 aromatic carbocycles. The van der Waals surface area contributed by atoms with Crippen molar-refractivity contribution in [1.82, 2.24) is 0 Å². The van der Waals surface area contributed by atoms with Crippen LogP contribution < -0.4 is 0 Å². The van der Waals surface area contributed by atoms with Crippen LogP contribution in [0.2, 0.25) is 0 Å². The van der Waals surface area contributed by atoms with Crippen molar-refractivity contribution in [3.8, 4) is 0 Å². The summed E-state index contributed by atoms with van der Waals surface area (Å²) in [6.07, 6.45) is 0. The normalized spacial score (nSPS) is 7.91. The van der Waals surface area contributed by atoms with Crippen LogP contribution in [0.1, 0.15) is 0 Å². The predicted octanol–water partition coefficient (Wildman–Crippen LogP) is -8.14. The maximum Gasteiger partial charge on any atom is 3.00 e. The molecular weight excluding hydrogens is 648 g/mol. The van der Waals surface area contributed by atoms with Crippen LogP contribution in [0.25, 0.3) is 0 Å². The molecule has 0 amide bonds. The molecule has 0 bridgehead atoms. The van der Waals surface area contributed by atoms with Crippen LogP contribution in [0.4, 0.5) is 0 Å². The molecule has 0 aromatic heterocycles. The Bertz CT molecular complexity index is 343. The summed E-state index contributed by atoms with van der Waals surface area (Å²) in [4.78, 5) is 0. The van der Waals surface area contributed by atoms with Crippen LogP contribution >= 0.6 is 0 Å². The number of rotatable bonds is 0. The largest absolute Gasteiger partial charge is 3.00 e. The Labute approximate surface area is 191 Å². The zero-order valence-corrected chi connectivity index (χ0v) is 18.4. The molecule has 10 N–H and O–H groups in total. The van der Waals surface area contributed by atoms with E-state index in [9.17, 15) is 0 Å². The van der Waals surface area contributed by atoms with Crippen LogP contribution in [0.15, 0.2) is 0 Å². The molecule has 0 aliphatic heterocycles. The predicted molar refractivity (Wildman–Crippen MR) is 49.5 cm³/mol. The molecule has 2 radical (unpaired) electrons. The minimum Gasteiger partial charge on any atom is -0.759 e. The molecule has 0 aromatic rings. The van der Waals surface area contributed by atoms with Gasteiger partial charge in [-0.3, -0.25) is 25.3 Å². The molecule has 0 rings (SSSR count). The minimum absolute atomic E-state index is 0. The Morgan fingerprint density at radius 3 is 0.364 bits per heavy atom. The molecule has 0 heterocycles. The Hall–Kier alpha value is 2.16. The number of hydrogen-bond acceptors (Lipinski definition) is 12. The second kappa shape index (κ2) is 28.0. The summed E-state index contributed by atoms with van der Waals surface area (Å²) in [6, 6.07) is 0. The zero-order chi connectivity index (χ0) is 13.5. The third-order valence-corrected chi connectivity index (χ3v) is 0. The van der Waals surface area contributed by atoms with Crippen molar-refractivity contribution in [2.24, 2.45) is 0 Å². The summed E-state index contributed by atoms with van der Waals surface area (Å²) in [7, 11) is -15.5. The fraction of sp³-hybridized carbons (Fsp3) is 0. The maximum atomic E-state index is 8.52. The molecule has 22 heteroatoms. The fourth-order valence-corrected chi connectivity index (χ4v) is 0. The molecule has 0 saturated heterocycles. The van der Waals surface area contributed by atoms with E-state index in [0.29, 0.717) is 0 Å². The van der Waals surface area contributed by atoms with E-state index >= 15 is 0 Å². The second-order valence-electron chi connectivity index (χ2n) is 1.22. The van der Waals surface area contributed by atoms with Gasteiger partial charge < -0.3 is 54.7 Å². The van der Waals surface area contributed by atoms with Crippen LogP contribution in [-0.2, 0) is 31.2 Å². The molecule has 0 fully saturated rings. The van der Waals surface area contributed by atoms with E-state index in [0.717, 1.165) is 0 Å². The Balaban J connectivity index is -0.0000000106. The number of hydrogen-bond donors (Lipinski definition) is 0. The van der Waals surface area contributed by atoms with Gasteiger partial charge in [0.2, 0.25) is 0 Å². The first kappa shape index (κ1) is 64.6. The van der Waals surface area contributed by atoms with Crippen LogP contribution in [0, 0.1) is 83.5 Å². The molecule has 0 atom stereocenters. The van der Waals surface area contributed by atoms with Crippen LogP contribution in [0.5, 0.6) is 0 Å². The first-order valence-electron chi connectivity index (χ1n) is 2.00. The molecule has 17 nitrogen and oxygen atoms in total. The van der Waals surface area contributed by atoms with Crippen molar-refractivity contribution in [1.29, 1.82) is 0 Å². The van der Waals surface area contributed by atoms with Crippen molar-refractivity contribution < 1.29 is 163 Å². The average Bonchev–Trinajstić information content (AvgIpc) is 1.41. The van der Waals surface area contributed by atoms with Gasteiger partial charge in [-0.2, -0.15) is 0 Å². The SMILES string of the molecule is O.O.O.O.O.O=S(=O)([O-])[O-].O=S(=O)([O-])[O-].O=S(=O)([O-])[O-].[Ce+3].[Ce+3]. The van der Waals surface area contributed by atoms with E-state index < -0.39 is 31.2 Å². The van der Waals surface area contributed by atoms with Gasteiger partial charge in [-0.05, 0) is 0 Å². The van der Waals surface area contributed by atoms with Crippen molar-refractivity contribution in [3.05, 3.63) is 0 Å². The molecule has 0 unspecified atom stereocenters. The summed E-state index contributed by atoms with van der Waals surface area (Å²) in [5.74, 6) is 0. The monoisotopic (exact) mass is 658 g/mol. The van der Waals surface area contributed by atoms with Gasteiger partial charge >= 0.3 is 83.5 Å². The van der Waals surface area contributed by atoms with Crippen molar-refractivity contribution >= 4 is 31.2 Å². The Morgan fingerprint density at radius 1 is 0.364 bits per heavy atom. The molecule has 0 aliphatic rings.